The molecule has 0 saturated heterocycles. The Morgan fingerprint density at radius 2 is 1.90 bits per heavy atom. The molecule has 0 saturated carbocycles. The van der Waals surface area contributed by atoms with Gasteiger partial charge in [0.25, 0.3) is 0 Å². The van der Waals surface area contributed by atoms with Crippen LogP contribution in [0.1, 0.15) is 32.6 Å². The number of thiophene rings is 1. The average Bonchev–Trinajstić information content (AvgIpc) is 2.73. The van der Waals surface area contributed by atoms with Gasteiger partial charge in [-0.15, -0.1) is 11.3 Å². The molecule has 0 fully saturated rings. The van der Waals surface area contributed by atoms with Crippen LogP contribution in [0, 0.1) is 5.41 Å². The van der Waals surface area contributed by atoms with E-state index in [0.717, 1.165) is 9.21 Å². The van der Waals surface area contributed by atoms with E-state index in [9.17, 15) is 14.7 Å². The molecule has 3 N–H and O–H groups in total. The van der Waals surface area contributed by atoms with Crippen LogP contribution in [-0.2, 0) is 11.2 Å². The summed E-state index contributed by atoms with van der Waals surface area (Å²) in [6, 6.07) is 3.36. The lowest BCUT2D eigenvalue weighted by molar-refractivity contribution is -0.150. The van der Waals surface area contributed by atoms with Gasteiger partial charge in [0.2, 0.25) is 0 Å². The fourth-order valence-corrected chi connectivity index (χ4v) is 2.62. The van der Waals surface area contributed by atoms with Gasteiger partial charge >= 0.3 is 12.0 Å². The first-order valence-electron chi connectivity index (χ1n) is 6.60. The Labute approximate surface area is 133 Å². The molecule has 1 heterocycles. The third kappa shape index (κ3) is 4.61. The smallest absolute Gasteiger partial charge is 0.315 e. The van der Waals surface area contributed by atoms with Crippen molar-refractivity contribution in [2.24, 2.45) is 5.41 Å². The highest BCUT2D eigenvalue weighted by Gasteiger charge is 2.44. The number of hydrogen-bond acceptors (Lipinski definition) is 3. The number of hydrogen-bond donors (Lipinski definition) is 3. The zero-order valence-electron chi connectivity index (χ0n) is 12.6. The molecule has 7 heteroatoms. The van der Waals surface area contributed by atoms with E-state index in [1.165, 1.54) is 11.3 Å². The van der Waals surface area contributed by atoms with Crippen LogP contribution >= 0.6 is 22.9 Å². The Kier molecular flexibility index (Phi) is 5.64. The molecule has 0 atom stereocenters. The molecular formula is C14H21ClN2O3S. The van der Waals surface area contributed by atoms with E-state index in [-0.39, 0.29) is 6.03 Å². The number of carboxylic acids is 1. The number of carbonyl (C=O) groups is 2. The van der Waals surface area contributed by atoms with E-state index < -0.39 is 16.9 Å². The van der Waals surface area contributed by atoms with Crippen LogP contribution in [0.15, 0.2) is 12.1 Å². The molecule has 1 aromatic rings. The Hall–Kier alpha value is -1.27. The highest BCUT2D eigenvalue weighted by atomic mass is 35.5. The number of halogens is 1. The SMILES string of the molecule is CC(C)(NC(=O)NCCc1ccc(Cl)s1)C(C)(C)C(=O)O. The van der Waals surface area contributed by atoms with Gasteiger partial charge in [-0.05, 0) is 46.2 Å². The fraction of sp³-hybridized carbons (Fsp3) is 0.571. The summed E-state index contributed by atoms with van der Waals surface area (Å²) in [5.41, 5.74) is -1.96. The minimum Gasteiger partial charge on any atom is -0.481 e. The van der Waals surface area contributed by atoms with E-state index in [4.69, 9.17) is 11.6 Å². The van der Waals surface area contributed by atoms with Crippen molar-refractivity contribution in [3.05, 3.63) is 21.3 Å². The molecule has 5 nitrogen and oxygen atoms in total. The Morgan fingerprint density at radius 1 is 1.29 bits per heavy atom. The zero-order valence-corrected chi connectivity index (χ0v) is 14.2. The van der Waals surface area contributed by atoms with Gasteiger partial charge in [0, 0.05) is 11.4 Å². The Morgan fingerprint density at radius 3 is 2.38 bits per heavy atom. The number of carboxylic acid groups (broad SMARTS) is 1. The van der Waals surface area contributed by atoms with E-state index in [0.29, 0.717) is 13.0 Å². The van der Waals surface area contributed by atoms with E-state index in [1.807, 2.05) is 12.1 Å². The zero-order chi connectivity index (χ0) is 16.3. The van der Waals surface area contributed by atoms with Crippen molar-refractivity contribution in [2.75, 3.05) is 6.54 Å². The van der Waals surface area contributed by atoms with E-state index >= 15 is 0 Å². The van der Waals surface area contributed by atoms with Gasteiger partial charge in [0.05, 0.1) is 15.3 Å². The fourth-order valence-electron chi connectivity index (χ4n) is 1.54. The molecule has 1 rings (SSSR count). The Balaban J connectivity index is 2.48. The molecule has 2 amide bonds. The van der Waals surface area contributed by atoms with Crippen LogP contribution in [0.5, 0.6) is 0 Å². The number of urea groups is 1. The van der Waals surface area contributed by atoms with Crippen molar-refractivity contribution < 1.29 is 14.7 Å². The molecule has 1 aromatic heterocycles. The van der Waals surface area contributed by atoms with Gasteiger partial charge in [-0.25, -0.2) is 4.79 Å². The second-order valence-electron chi connectivity index (χ2n) is 5.89. The number of aliphatic carboxylic acids is 1. The molecule has 0 aliphatic carbocycles. The summed E-state index contributed by atoms with van der Waals surface area (Å²) >= 11 is 7.31. The van der Waals surface area contributed by atoms with Crippen LogP contribution in [0.2, 0.25) is 4.34 Å². The van der Waals surface area contributed by atoms with Crippen molar-refractivity contribution in [1.82, 2.24) is 10.6 Å². The predicted octanol–water partition coefficient (Wildman–Crippen LogP) is 3.13. The average molecular weight is 333 g/mol. The number of amides is 2. The molecule has 0 aliphatic heterocycles. The largest absolute Gasteiger partial charge is 0.481 e. The molecule has 0 aromatic carbocycles. The van der Waals surface area contributed by atoms with Crippen molar-refractivity contribution in [3.63, 3.8) is 0 Å². The summed E-state index contributed by atoms with van der Waals surface area (Å²) in [6.45, 7) is 7.03. The first kappa shape index (κ1) is 17.8. The number of rotatable bonds is 6. The lowest BCUT2D eigenvalue weighted by Gasteiger charge is -2.38. The third-order valence-corrected chi connectivity index (χ3v) is 5.10. The minimum atomic E-state index is -1.08. The molecule has 0 aliphatic rings. The summed E-state index contributed by atoms with van der Waals surface area (Å²) < 4.78 is 0.721. The number of carbonyl (C=O) groups excluding carboxylic acids is 1. The first-order chi connectivity index (χ1) is 9.56. The number of nitrogens with one attached hydrogen (secondary N) is 2. The highest BCUT2D eigenvalue weighted by Crippen LogP contribution is 2.30. The summed E-state index contributed by atoms with van der Waals surface area (Å²) in [7, 11) is 0. The quantitative estimate of drug-likeness (QED) is 0.748. The van der Waals surface area contributed by atoms with Crippen LogP contribution in [0.25, 0.3) is 0 Å². The van der Waals surface area contributed by atoms with Gasteiger partial charge in [-0.2, -0.15) is 0 Å². The van der Waals surface area contributed by atoms with Crippen LogP contribution in [0.3, 0.4) is 0 Å². The summed E-state index contributed by atoms with van der Waals surface area (Å²) in [6.07, 6.45) is 0.688. The van der Waals surface area contributed by atoms with Crippen molar-refractivity contribution in [1.29, 1.82) is 0 Å². The van der Waals surface area contributed by atoms with Crippen LogP contribution in [0.4, 0.5) is 4.79 Å². The second kappa shape index (κ2) is 6.66. The first-order valence-corrected chi connectivity index (χ1v) is 7.79. The molecule has 118 valence electrons. The minimum absolute atomic E-state index is 0.378. The van der Waals surface area contributed by atoms with Crippen LogP contribution < -0.4 is 10.6 Å². The summed E-state index contributed by atoms with van der Waals surface area (Å²) in [5.74, 6) is -0.957. The lowest BCUT2D eigenvalue weighted by atomic mass is 9.74. The highest BCUT2D eigenvalue weighted by molar-refractivity contribution is 7.16. The lowest BCUT2D eigenvalue weighted by Crippen LogP contribution is -2.59. The van der Waals surface area contributed by atoms with Crippen molar-refractivity contribution >= 4 is 34.9 Å². The van der Waals surface area contributed by atoms with Gasteiger partial charge in [0.15, 0.2) is 0 Å². The monoisotopic (exact) mass is 332 g/mol. The molecule has 0 bridgehead atoms. The second-order valence-corrected chi connectivity index (χ2v) is 7.69. The third-order valence-electron chi connectivity index (χ3n) is 3.81. The summed E-state index contributed by atoms with van der Waals surface area (Å²) in [5, 5.41) is 14.7. The van der Waals surface area contributed by atoms with E-state index in [1.54, 1.807) is 27.7 Å². The van der Waals surface area contributed by atoms with Gasteiger partial charge < -0.3 is 15.7 Å². The standard InChI is InChI=1S/C14H21ClN2O3S/c1-13(2,11(18)19)14(3,4)17-12(20)16-8-7-9-5-6-10(15)21-9/h5-6H,7-8H2,1-4H3,(H,18,19)(H2,16,17,20). The van der Waals surface area contributed by atoms with Gasteiger partial charge in [-0.3, -0.25) is 4.79 Å². The maximum absolute atomic E-state index is 11.9. The van der Waals surface area contributed by atoms with Crippen molar-refractivity contribution in [3.8, 4) is 0 Å². The molecule has 0 spiro atoms. The van der Waals surface area contributed by atoms with Gasteiger partial charge in [-0.1, -0.05) is 11.6 Å². The molecule has 0 unspecified atom stereocenters. The topological polar surface area (TPSA) is 78.4 Å². The van der Waals surface area contributed by atoms with E-state index in [2.05, 4.69) is 10.6 Å². The van der Waals surface area contributed by atoms with Crippen molar-refractivity contribution in [2.45, 2.75) is 39.7 Å². The normalized spacial score (nSPS) is 12.0. The van der Waals surface area contributed by atoms with Gasteiger partial charge in [0.1, 0.15) is 0 Å². The predicted molar refractivity (Wildman–Crippen MR) is 85.1 cm³/mol. The molecule has 0 radical (unpaired) electrons. The molecular weight excluding hydrogens is 312 g/mol. The van der Waals surface area contributed by atoms with Crippen LogP contribution in [-0.4, -0.2) is 29.2 Å². The maximum Gasteiger partial charge on any atom is 0.315 e. The maximum atomic E-state index is 11.9. The molecule has 21 heavy (non-hydrogen) atoms. The Bertz CT molecular complexity index is 526. The summed E-state index contributed by atoms with van der Waals surface area (Å²) in [4.78, 5) is 24.2.